The van der Waals surface area contributed by atoms with Gasteiger partial charge >= 0.3 is 5.97 Å². The van der Waals surface area contributed by atoms with Gasteiger partial charge in [0, 0.05) is 18.0 Å². The first-order valence-electron chi connectivity index (χ1n) is 6.54. The van der Waals surface area contributed by atoms with Gasteiger partial charge in [-0.1, -0.05) is 11.6 Å². The summed E-state index contributed by atoms with van der Waals surface area (Å²) >= 11 is 6.00. The molecule has 0 bridgehead atoms. The van der Waals surface area contributed by atoms with Gasteiger partial charge in [0.15, 0.2) is 0 Å². The number of nitrogens with one attached hydrogen (secondary N) is 1. The fourth-order valence-electron chi connectivity index (χ4n) is 2.31. The van der Waals surface area contributed by atoms with Gasteiger partial charge in [-0.15, -0.1) is 0 Å². The summed E-state index contributed by atoms with van der Waals surface area (Å²) in [4.78, 5) is 23.0. The van der Waals surface area contributed by atoms with E-state index in [1.807, 2.05) is 0 Å². The minimum atomic E-state index is -1.15. The molecule has 6 nitrogen and oxygen atoms in total. The zero-order valence-electron chi connectivity index (χ0n) is 11.6. The van der Waals surface area contributed by atoms with E-state index in [2.05, 4.69) is 5.32 Å². The molecule has 1 aliphatic rings. The van der Waals surface area contributed by atoms with E-state index in [1.54, 1.807) is 0 Å². The van der Waals surface area contributed by atoms with Gasteiger partial charge < -0.3 is 20.9 Å². The number of carbonyl (C=O) groups is 2. The summed E-state index contributed by atoms with van der Waals surface area (Å²) in [6.45, 7) is 0. The number of methoxy groups -OCH3 is 1. The van der Waals surface area contributed by atoms with Crippen LogP contribution in [0, 0.1) is 0 Å². The summed E-state index contributed by atoms with van der Waals surface area (Å²) < 4.78 is 5.00. The molecule has 0 unspecified atom stereocenters. The van der Waals surface area contributed by atoms with Crippen LogP contribution in [0.15, 0.2) is 12.1 Å². The van der Waals surface area contributed by atoms with Gasteiger partial charge in [0.25, 0.3) is 0 Å². The number of carboxylic acids is 1. The normalized spacial score (nSPS) is 16.0. The standard InChI is InChI=1S/C14H17ClN2O4/c1-21-11-6-10(9(15)5-8(11)13(19)20)17-12(18)7-14(16)3-2-4-14/h5-6H,2-4,7,16H2,1H3,(H,17,18)(H,19,20). The average molecular weight is 313 g/mol. The maximum Gasteiger partial charge on any atom is 0.339 e. The number of halogens is 1. The Morgan fingerprint density at radius 2 is 2.14 bits per heavy atom. The maximum absolute atomic E-state index is 12.0. The first kappa shape index (κ1) is 15.6. The number of carboxylic acid groups (broad SMARTS) is 1. The predicted molar refractivity (Wildman–Crippen MR) is 79.0 cm³/mol. The molecule has 114 valence electrons. The van der Waals surface area contributed by atoms with Gasteiger partial charge in [-0.3, -0.25) is 4.79 Å². The molecule has 0 saturated heterocycles. The molecule has 0 spiro atoms. The fraction of sp³-hybridized carbons (Fsp3) is 0.429. The van der Waals surface area contributed by atoms with Crippen molar-refractivity contribution in [2.24, 2.45) is 5.73 Å². The van der Waals surface area contributed by atoms with Crippen molar-refractivity contribution in [3.05, 3.63) is 22.7 Å². The van der Waals surface area contributed by atoms with Crippen LogP contribution in [-0.4, -0.2) is 29.6 Å². The number of benzene rings is 1. The number of hydrogen-bond donors (Lipinski definition) is 3. The van der Waals surface area contributed by atoms with Crippen molar-refractivity contribution in [2.75, 3.05) is 12.4 Å². The molecule has 0 aromatic heterocycles. The molecular weight excluding hydrogens is 296 g/mol. The molecule has 1 aliphatic carbocycles. The van der Waals surface area contributed by atoms with Crippen LogP contribution in [0.5, 0.6) is 5.75 Å². The molecule has 1 aromatic rings. The number of aromatic carboxylic acids is 1. The minimum absolute atomic E-state index is 0.0604. The highest BCUT2D eigenvalue weighted by Gasteiger charge is 2.34. The highest BCUT2D eigenvalue weighted by molar-refractivity contribution is 6.34. The summed E-state index contributed by atoms with van der Waals surface area (Å²) in [6, 6.07) is 2.65. The second-order valence-corrected chi connectivity index (χ2v) is 5.69. The van der Waals surface area contributed by atoms with E-state index < -0.39 is 11.5 Å². The van der Waals surface area contributed by atoms with Crippen LogP contribution in [0.4, 0.5) is 5.69 Å². The Labute approximate surface area is 127 Å². The van der Waals surface area contributed by atoms with E-state index in [0.717, 1.165) is 19.3 Å². The largest absolute Gasteiger partial charge is 0.496 e. The highest BCUT2D eigenvalue weighted by Crippen LogP contribution is 2.34. The second kappa shape index (κ2) is 5.91. The molecular formula is C14H17ClN2O4. The molecule has 0 aliphatic heterocycles. The Kier molecular flexibility index (Phi) is 4.39. The lowest BCUT2D eigenvalue weighted by atomic mass is 9.75. The van der Waals surface area contributed by atoms with E-state index >= 15 is 0 Å². The summed E-state index contributed by atoms with van der Waals surface area (Å²) in [6.07, 6.45) is 2.91. The lowest BCUT2D eigenvalue weighted by Gasteiger charge is -2.37. The van der Waals surface area contributed by atoms with Gasteiger partial charge in [-0.2, -0.15) is 0 Å². The van der Waals surface area contributed by atoms with E-state index in [0.29, 0.717) is 5.69 Å². The number of rotatable bonds is 5. The number of ether oxygens (including phenoxy) is 1. The van der Waals surface area contributed by atoms with Crippen LogP contribution < -0.4 is 15.8 Å². The first-order valence-corrected chi connectivity index (χ1v) is 6.92. The molecule has 21 heavy (non-hydrogen) atoms. The van der Waals surface area contributed by atoms with Crippen molar-refractivity contribution >= 4 is 29.2 Å². The van der Waals surface area contributed by atoms with Crippen LogP contribution in [0.1, 0.15) is 36.0 Å². The zero-order chi connectivity index (χ0) is 15.6. The summed E-state index contributed by atoms with van der Waals surface area (Å²) in [7, 11) is 1.35. The third-order valence-electron chi connectivity index (χ3n) is 3.66. The molecule has 1 fully saturated rings. The lowest BCUT2D eigenvalue weighted by Crippen LogP contribution is -2.48. The summed E-state index contributed by atoms with van der Waals surface area (Å²) in [5, 5.41) is 11.8. The first-order chi connectivity index (χ1) is 9.84. The van der Waals surface area contributed by atoms with Crippen LogP contribution >= 0.6 is 11.6 Å². The number of carbonyl (C=O) groups excluding carboxylic acids is 1. The molecule has 2 rings (SSSR count). The smallest absolute Gasteiger partial charge is 0.339 e. The fourth-order valence-corrected chi connectivity index (χ4v) is 2.52. The SMILES string of the molecule is COc1cc(NC(=O)CC2(N)CCC2)c(Cl)cc1C(=O)O. The van der Waals surface area contributed by atoms with Gasteiger partial charge in [-0.25, -0.2) is 4.79 Å². The van der Waals surface area contributed by atoms with Crippen LogP contribution in [0.3, 0.4) is 0 Å². The highest BCUT2D eigenvalue weighted by atomic mass is 35.5. The summed E-state index contributed by atoms with van der Waals surface area (Å²) in [5.74, 6) is -1.26. The third kappa shape index (κ3) is 3.46. The Morgan fingerprint density at radius 1 is 1.48 bits per heavy atom. The van der Waals surface area contributed by atoms with Crippen LogP contribution in [0.2, 0.25) is 5.02 Å². The molecule has 1 amide bonds. The molecule has 1 saturated carbocycles. The number of nitrogens with two attached hydrogens (primary N) is 1. The second-order valence-electron chi connectivity index (χ2n) is 5.28. The molecule has 0 heterocycles. The van der Waals surface area contributed by atoms with E-state index in [4.69, 9.17) is 27.2 Å². The Bertz CT molecular complexity index is 585. The molecule has 1 aromatic carbocycles. The van der Waals surface area contributed by atoms with Gasteiger partial charge in [0.05, 0.1) is 17.8 Å². The summed E-state index contributed by atoms with van der Waals surface area (Å²) in [5.41, 5.74) is 5.84. The van der Waals surface area contributed by atoms with E-state index in [1.165, 1.54) is 19.2 Å². The average Bonchev–Trinajstić information content (AvgIpc) is 2.38. The van der Waals surface area contributed by atoms with Crippen molar-refractivity contribution in [1.82, 2.24) is 0 Å². The number of hydrogen-bond acceptors (Lipinski definition) is 4. The quantitative estimate of drug-likeness (QED) is 0.774. The predicted octanol–water partition coefficient (Wildman–Crippen LogP) is 2.26. The van der Waals surface area contributed by atoms with Crippen molar-refractivity contribution in [3.8, 4) is 5.75 Å². The Balaban J connectivity index is 2.16. The monoisotopic (exact) mass is 312 g/mol. The molecule has 4 N–H and O–H groups in total. The van der Waals surface area contributed by atoms with Gasteiger partial charge in [0.1, 0.15) is 11.3 Å². The number of anilines is 1. The molecule has 0 atom stereocenters. The molecule has 7 heteroatoms. The van der Waals surface area contributed by atoms with Crippen molar-refractivity contribution in [2.45, 2.75) is 31.2 Å². The Morgan fingerprint density at radius 3 is 2.62 bits per heavy atom. The van der Waals surface area contributed by atoms with Gasteiger partial charge in [0.2, 0.25) is 5.91 Å². The topological polar surface area (TPSA) is 102 Å². The van der Waals surface area contributed by atoms with Crippen molar-refractivity contribution in [1.29, 1.82) is 0 Å². The van der Waals surface area contributed by atoms with E-state index in [-0.39, 0.29) is 28.7 Å². The van der Waals surface area contributed by atoms with Crippen molar-refractivity contribution in [3.63, 3.8) is 0 Å². The number of amides is 1. The Hall–Kier alpha value is -1.79. The van der Waals surface area contributed by atoms with Crippen LogP contribution in [0.25, 0.3) is 0 Å². The third-order valence-corrected chi connectivity index (χ3v) is 3.97. The van der Waals surface area contributed by atoms with Crippen molar-refractivity contribution < 1.29 is 19.4 Å². The van der Waals surface area contributed by atoms with Crippen LogP contribution in [-0.2, 0) is 4.79 Å². The zero-order valence-corrected chi connectivity index (χ0v) is 12.4. The molecule has 0 radical (unpaired) electrons. The maximum atomic E-state index is 12.0. The minimum Gasteiger partial charge on any atom is -0.496 e. The van der Waals surface area contributed by atoms with E-state index in [9.17, 15) is 9.59 Å². The van der Waals surface area contributed by atoms with Gasteiger partial charge in [-0.05, 0) is 25.3 Å². The lowest BCUT2D eigenvalue weighted by molar-refractivity contribution is -0.118.